The molecule has 0 aliphatic rings. The minimum absolute atomic E-state index is 0.0946. The molecule has 0 aromatic heterocycles. The molecule has 0 aromatic rings. The summed E-state index contributed by atoms with van der Waals surface area (Å²) in [6, 6.07) is 0. The van der Waals surface area contributed by atoms with Crippen LogP contribution in [0.15, 0.2) is 0 Å². The number of rotatable bonds is 1. The van der Waals surface area contributed by atoms with Crippen LogP contribution in [0, 0.1) is 0 Å². The molecule has 0 bridgehead atoms. The summed E-state index contributed by atoms with van der Waals surface area (Å²) in [7, 11) is 1.41. The van der Waals surface area contributed by atoms with E-state index in [0.29, 0.717) is 0 Å². The minimum atomic E-state index is -0.113. The molecule has 1 atom stereocenters. The van der Waals surface area contributed by atoms with Crippen LogP contribution in [0.2, 0.25) is 3.93 Å². The fourth-order valence-electron chi connectivity index (χ4n) is 0.177. The average molecular weight is 206 g/mol. The molecule has 0 fully saturated rings. The van der Waals surface area contributed by atoms with Gasteiger partial charge in [-0.3, -0.25) is 0 Å². The zero-order chi connectivity index (χ0) is 5.86. The number of hydrogen-bond acceptors (Lipinski definition) is 2. The monoisotopic (exact) mass is 207 g/mol. The zero-order valence-electron chi connectivity index (χ0n) is 4.39. The van der Waals surface area contributed by atoms with Gasteiger partial charge in [-0.1, -0.05) is 0 Å². The van der Waals surface area contributed by atoms with Crippen LogP contribution in [0.4, 0.5) is 0 Å². The van der Waals surface area contributed by atoms with Crippen molar-refractivity contribution in [3.8, 4) is 0 Å². The summed E-state index contributed by atoms with van der Waals surface area (Å²) in [6.45, 7) is 1.84. The fourth-order valence-corrected chi connectivity index (χ4v) is 0.513. The van der Waals surface area contributed by atoms with Crippen LogP contribution in [-0.4, -0.2) is 35.6 Å². The van der Waals surface area contributed by atoms with Crippen LogP contribution in [-0.2, 0) is 9.53 Å². The summed E-state index contributed by atoms with van der Waals surface area (Å²) in [5.74, 6) is -0.113. The Morgan fingerprint density at radius 2 is 2.29 bits per heavy atom. The van der Waals surface area contributed by atoms with Crippen LogP contribution in [0.5, 0.6) is 0 Å². The second-order valence-corrected chi connectivity index (χ2v) is 3.72. The maximum atomic E-state index is 10.3. The third-order valence-corrected chi connectivity index (χ3v) is 1.23. The Bertz CT molecular complexity index is 70.1. The van der Waals surface area contributed by atoms with E-state index in [1.807, 2.05) is 6.92 Å². The predicted octanol–water partition coefficient (Wildman–Crippen LogP) is 0.136. The van der Waals surface area contributed by atoms with Gasteiger partial charge in [0.25, 0.3) is 0 Å². The van der Waals surface area contributed by atoms with Crippen molar-refractivity contribution in [2.24, 2.45) is 0 Å². The Balaban J connectivity index is 3.35. The van der Waals surface area contributed by atoms with Gasteiger partial charge < -0.3 is 0 Å². The standard InChI is InChI=1S/C4H7O2.Sn/c1-3-4(5)6-2;/h3H,1-2H3;/q;+3. The molecule has 1 unspecified atom stereocenters. The second-order valence-electron chi connectivity index (χ2n) is 1.24. The summed E-state index contributed by atoms with van der Waals surface area (Å²) >= 11 is 1.21. The van der Waals surface area contributed by atoms with Gasteiger partial charge in [-0.05, 0) is 0 Å². The first-order valence-corrected chi connectivity index (χ1v) is 3.62. The van der Waals surface area contributed by atoms with Crippen molar-refractivity contribution >= 4 is 28.5 Å². The third-order valence-electron chi connectivity index (χ3n) is 0.555. The molecule has 0 N–H and O–H groups in total. The molecule has 0 aromatic carbocycles. The quantitative estimate of drug-likeness (QED) is 0.450. The molecule has 0 aliphatic heterocycles. The van der Waals surface area contributed by atoms with Crippen LogP contribution in [0.25, 0.3) is 0 Å². The normalized spacial score (nSPS) is 13.1. The molecule has 36 valence electrons. The second kappa shape index (κ2) is 3.29. The van der Waals surface area contributed by atoms with Crippen molar-refractivity contribution in [2.75, 3.05) is 7.11 Å². The van der Waals surface area contributed by atoms with E-state index in [9.17, 15) is 4.79 Å². The topological polar surface area (TPSA) is 26.3 Å². The Morgan fingerprint density at radius 1 is 1.86 bits per heavy atom. The molecular formula is C4H7O2Sn+3. The van der Waals surface area contributed by atoms with Gasteiger partial charge in [0.2, 0.25) is 0 Å². The number of carbonyl (C=O) groups excluding carboxylic acids is 1. The molecular weight excluding hydrogens is 199 g/mol. The molecule has 0 rings (SSSR count). The Morgan fingerprint density at radius 3 is 2.29 bits per heavy atom. The molecule has 2 nitrogen and oxygen atoms in total. The van der Waals surface area contributed by atoms with Gasteiger partial charge in [0, 0.05) is 0 Å². The van der Waals surface area contributed by atoms with Gasteiger partial charge in [-0.15, -0.1) is 0 Å². The van der Waals surface area contributed by atoms with E-state index in [2.05, 4.69) is 4.74 Å². The molecule has 0 amide bonds. The van der Waals surface area contributed by atoms with Crippen LogP contribution in [0.3, 0.4) is 0 Å². The Labute approximate surface area is 56.3 Å². The number of methoxy groups -OCH3 is 1. The maximum absolute atomic E-state index is 10.3. The first kappa shape index (κ1) is 7.27. The fraction of sp³-hybridized carbons (Fsp3) is 0.750. The summed E-state index contributed by atoms with van der Waals surface area (Å²) in [5.41, 5.74) is 0. The van der Waals surface area contributed by atoms with Crippen molar-refractivity contribution in [1.29, 1.82) is 0 Å². The number of carbonyl (C=O) groups is 1. The molecule has 0 spiro atoms. The molecule has 0 aliphatic carbocycles. The van der Waals surface area contributed by atoms with E-state index in [0.717, 1.165) is 0 Å². The Hall–Kier alpha value is 0.269. The van der Waals surface area contributed by atoms with Crippen molar-refractivity contribution in [3.63, 3.8) is 0 Å². The van der Waals surface area contributed by atoms with E-state index in [1.165, 1.54) is 29.6 Å². The van der Waals surface area contributed by atoms with Crippen molar-refractivity contribution in [3.05, 3.63) is 0 Å². The van der Waals surface area contributed by atoms with Gasteiger partial charge in [0.1, 0.15) is 0 Å². The van der Waals surface area contributed by atoms with Gasteiger partial charge in [-0.2, -0.15) is 0 Å². The number of esters is 1. The molecule has 0 radical (unpaired) electrons. The SMILES string of the molecule is COC(=O)[CH](C)[Sn+3]. The molecule has 0 saturated heterocycles. The van der Waals surface area contributed by atoms with E-state index in [4.69, 9.17) is 0 Å². The number of hydrogen-bond donors (Lipinski definition) is 0. The molecule has 3 heteroatoms. The summed E-state index contributed by atoms with van der Waals surface area (Å²) in [5, 5.41) is 0. The van der Waals surface area contributed by atoms with E-state index >= 15 is 0 Å². The average Bonchev–Trinajstić information content (AvgIpc) is 1.65. The van der Waals surface area contributed by atoms with Crippen LogP contribution >= 0.6 is 0 Å². The molecule has 0 heterocycles. The summed E-state index contributed by atoms with van der Waals surface area (Å²) in [6.07, 6.45) is 0. The van der Waals surface area contributed by atoms with E-state index in [1.54, 1.807) is 0 Å². The van der Waals surface area contributed by atoms with Crippen molar-refractivity contribution in [2.45, 2.75) is 10.9 Å². The van der Waals surface area contributed by atoms with Crippen LogP contribution in [0.1, 0.15) is 6.92 Å². The predicted molar refractivity (Wildman–Crippen MR) is 27.2 cm³/mol. The number of ether oxygens (including phenoxy) is 1. The van der Waals surface area contributed by atoms with E-state index in [-0.39, 0.29) is 9.90 Å². The van der Waals surface area contributed by atoms with Gasteiger partial charge in [-0.25, -0.2) is 0 Å². The third kappa shape index (κ3) is 2.91. The van der Waals surface area contributed by atoms with Crippen molar-refractivity contribution in [1.82, 2.24) is 0 Å². The Kier molecular flexibility index (Phi) is 3.42. The van der Waals surface area contributed by atoms with E-state index < -0.39 is 0 Å². The summed E-state index contributed by atoms with van der Waals surface area (Å²) < 4.78 is 4.49. The first-order valence-electron chi connectivity index (χ1n) is 1.97. The zero-order valence-corrected chi connectivity index (χ0v) is 7.25. The van der Waals surface area contributed by atoms with Gasteiger partial charge >= 0.3 is 56.0 Å². The van der Waals surface area contributed by atoms with Crippen LogP contribution < -0.4 is 0 Å². The van der Waals surface area contributed by atoms with Gasteiger partial charge in [0.05, 0.1) is 0 Å². The summed E-state index contributed by atoms with van der Waals surface area (Å²) in [4.78, 5) is 10.3. The molecule has 0 saturated carbocycles. The van der Waals surface area contributed by atoms with Crippen molar-refractivity contribution < 1.29 is 9.53 Å². The van der Waals surface area contributed by atoms with Gasteiger partial charge in [0.15, 0.2) is 0 Å². The molecule has 7 heavy (non-hydrogen) atoms. The first-order chi connectivity index (χ1) is 3.18.